The van der Waals surface area contributed by atoms with Crippen LogP contribution in [0.4, 0.5) is 0 Å². The number of benzene rings is 1. The van der Waals surface area contributed by atoms with Gasteiger partial charge in [0, 0.05) is 32.4 Å². The van der Waals surface area contributed by atoms with E-state index in [1.54, 1.807) is 7.11 Å². The van der Waals surface area contributed by atoms with Gasteiger partial charge < -0.3 is 10.1 Å². The minimum absolute atomic E-state index is 0.0424. The van der Waals surface area contributed by atoms with Crippen LogP contribution >= 0.6 is 0 Å². The van der Waals surface area contributed by atoms with Crippen LogP contribution in [0.2, 0.25) is 0 Å². The van der Waals surface area contributed by atoms with Crippen molar-refractivity contribution in [3.8, 4) is 0 Å². The number of hydrogen-bond donors (Lipinski definition) is 3. The van der Waals surface area contributed by atoms with E-state index in [-0.39, 0.29) is 5.91 Å². The Bertz CT molecular complexity index is 352. The molecule has 0 bridgehead atoms. The first-order valence-corrected chi connectivity index (χ1v) is 6.03. The minimum atomic E-state index is -0.0424. The van der Waals surface area contributed by atoms with Gasteiger partial charge in [-0.15, -0.1) is 0 Å². The Kier molecular flexibility index (Phi) is 7.01. The molecule has 0 aromatic heterocycles. The summed E-state index contributed by atoms with van der Waals surface area (Å²) in [6.07, 6.45) is 0.826. The molecule has 1 rings (SSSR count). The van der Waals surface area contributed by atoms with Gasteiger partial charge in [0.15, 0.2) is 0 Å². The fraction of sp³-hybridized carbons (Fsp3) is 0.462. The number of hydrazine groups is 1. The highest BCUT2D eigenvalue weighted by atomic mass is 16.5. The Hall–Kier alpha value is -1.43. The number of rotatable bonds is 8. The lowest BCUT2D eigenvalue weighted by Gasteiger charge is -2.06. The van der Waals surface area contributed by atoms with Crippen LogP contribution in [0.5, 0.6) is 0 Å². The minimum Gasteiger partial charge on any atom is -0.385 e. The molecule has 1 amide bonds. The second-order valence-electron chi connectivity index (χ2n) is 3.90. The SMILES string of the molecule is CNNCc1ccc(C(=O)NCCCOC)cc1. The molecule has 100 valence electrons. The van der Waals surface area contributed by atoms with Crippen molar-refractivity contribution >= 4 is 5.91 Å². The largest absolute Gasteiger partial charge is 0.385 e. The van der Waals surface area contributed by atoms with E-state index in [0.29, 0.717) is 18.7 Å². The van der Waals surface area contributed by atoms with Gasteiger partial charge in [0.1, 0.15) is 0 Å². The van der Waals surface area contributed by atoms with E-state index in [1.165, 1.54) is 0 Å². The molecule has 0 saturated carbocycles. The zero-order valence-electron chi connectivity index (χ0n) is 11.0. The van der Waals surface area contributed by atoms with Crippen molar-refractivity contribution < 1.29 is 9.53 Å². The van der Waals surface area contributed by atoms with Crippen molar-refractivity contribution in [1.82, 2.24) is 16.2 Å². The third kappa shape index (κ3) is 5.27. The maximum Gasteiger partial charge on any atom is 0.251 e. The molecule has 0 spiro atoms. The Labute approximate surface area is 108 Å². The molecule has 0 fully saturated rings. The first kappa shape index (κ1) is 14.6. The van der Waals surface area contributed by atoms with E-state index in [9.17, 15) is 4.79 Å². The first-order chi connectivity index (χ1) is 8.77. The van der Waals surface area contributed by atoms with Crippen molar-refractivity contribution in [3.63, 3.8) is 0 Å². The lowest BCUT2D eigenvalue weighted by Crippen LogP contribution is -2.27. The van der Waals surface area contributed by atoms with Crippen molar-refractivity contribution in [3.05, 3.63) is 35.4 Å². The highest BCUT2D eigenvalue weighted by Gasteiger charge is 2.04. The lowest BCUT2D eigenvalue weighted by atomic mass is 10.1. The fourth-order valence-corrected chi connectivity index (χ4v) is 1.48. The molecular formula is C13H21N3O2. The molecule has 0 aliphatic carbocycles. The van der Waals surface area contributed by atoms with Crippen LogP contribution in [-0.2, 0) is 11.3 Å². The zero-order valence-corrected chi connectivity index (χ0v) is 11.0. The Morgan fingerprint density at radius 1 is 1.28 bits per heavy atom. The Morgan fingerprint density at radius 3 is 2.61 bits per heavy atom. The number of amides is 1. The van der Waals surface area contributed by atoms with Gasteiger partial charge in [0.25, 0.3) is 5.91 Å². The summed E-state index contributed by atoms with van der Waals surface area (Å²) in [5.74, 6) is -0.0424. The summed E-state index contributed by atoms with van der Waals surface area (Å²) in [6, 6.07) is 7.54. The standard InChI is InChI=1S/C13H21N3O2/c1-14-16-10-11-4-6-12(7-5-11)13(17)15-8-3-9-18-2/h4-7,14,16H,3,8-10H2,1-2H3,(H,15,17). The van der Waals surface area contributed by atoms with Gasteiger partial charge in [0.05, 0.1) is 0 Å². The predicted molar refractivity (Wildman–Crippen MR) is 71.2 cm³/mol. The molecule has 0 radical (unpaired) electrons. The number of methoxy groups -OCH3 is 1. The van der Waals surface area contributed by atoms with Gasteiger partial charge >= 0.3 is 0 Å². The summed E-state index contributed by atoms with van der Waals surface area (Å²) in [4.78, 5) is 11.8. The monoisotopic (exact) mass is 251 g/mol. The molecule has 0 saturated heterocycles. The molecule has 0 heterocycles. The van der Waals surface area contributed by atoms with E-state index in [1.807, 2.05) is 31.3 Å². The van der Waals surface area contributed by atoms with Crippen molar-refractivity contribution in [2.24, 2.45) is 0 Å². The summed E-state index contributed by atoms with van der Waals surface area (Å²) >= 11 is 0. The van der Waals surface area contributed by atoms with E-state index in [4.69, 9.17) is 4.74 Å². The molecule has 18 heavy (non-hydrogen) atoms. The normalized spacial score (nSPS) is 10.3. The molecule has 0 atom stereocenters. The van der Waals surface area contributed by atoms with Gasteiger partial charge in [0.2, 0.25) is 0 Å². The molecule has 0 aliphatic rings. The second-order valence-corrected chi connectivity index (χ2v) is 3.90. The fourth-order valence-electron chi connectivity index (χ4n) is 1.48. The van der Waals surface area contributed by atoms with Crippen LogP contribution in [0.25, 0.3) is 0 Å². The molecule has 0 aliphatic heterocycles. The topological polar surface area (TPSA) is 62.4 Å². The van der Waals surface area contributed by atoms with Crippen molar-refractivity contribution in [1.29, 1.82) is 0 Å². The van der Waals surface area contributed by atoms with E-state index < -0.39 is 0 Å². The number of carbonyl (C=O) groups excluding carboxylic acids is 1. The quantitative estimate of drug-likeness (QED) is 0.469. The third-order valence-electron chi connectivity index (χ3n) is 2.50. The molecule has 1 aromatic rings. The highest BCUT2D eigenvalue weighted by Crippen LogP contribution is 2.04. The predicted octanol–water partition coefficient (Wildman–Crippen LogP) is 0.677. The molecule has 3 N–H and O–H groups in total. The van der Waals surface area contributed by atoms with Gasteiger partial charge in [-0.25, -0.2) is 0 Å². The van der Waals surface area contributed by atoms with Crippen LogP contribution in [0.1, 0.15) is 22.3 Å². The highest BCUT2D eigenvalue weighted by molar-refractivity contribution is 5.94. The van der Waals surface area contributed by atoms with Crippen LogP contribution < -0.4 is 16.2 Å². The molecule has 1 aromatic carbocycles. The Morgan fingerprint density at radius 2 is 2.00 bits per heavy atom. The average molecular weight is 251 g/mol. The van der Waals surface area contributed by atoms with Gasteiger partial charge in [-0.05, 0) is 31.2 Å². The molecule has 5 nitrogen and oxygen atoms in total. The number of hydrogen-bond acceptors (Lipinski definition) is 4. The number of ether oxygens (including phenoxy) is 1. The maximum atomic E-state index is 11.8. The smallest absolute Gasteiger partial charge is 0.251 e. The summed E-state index contributed by atoms with van der Waals surface area (Å²) < 4.78 is 4.92. The summed E-state index contributed by atoms with van der Waals surface area (Å²) in [7, 11) is 3.47. The summed E-state index contributed by atoms with van der Waals surface area (Å²) in [5, 5.41) is 2.85. The van der Waals surface area contributed by atoms with Crippen LogP contribution in [0, 0.1) is 0 Å². The molecular weight excluding hydrogens is 230 g/mol. The second kappa shape index (κ2) is 8.63. The van der Waals surface area contributed by atoms with E-state index in [0.717, 1.165) is 18.5 Å². The first-order valence-electron chi connectivity index (χ1n) is 6.03. The van der Waals surface area contributed by atoms with E-state index >= 15 is 0 Å². The average Bonchev–Trinajstić information content (AvgIpc) is 2.41. The van der Waals surface area contributed by atoms with E-state index in [2.05, 4.69) is 16.2 Å². The Balaban J connectivity index is 2.38. The van der Waals surface area contributed by atoms with Gasteiger partial charge in [-0.3, -0.25) is 15.6 Å². The van der Waals surface area contributed by atoms with Crippen molar-refractivity contribution in [2.75, 3.05) is 27.3 Å². The zero-order chi connectivity index (χ0) is 13.2. The van der Waals surface area contributed by atoms with Crippen molar-refractivity contribution in [2.45, 2.75) is 13.0 Å². The van der Waals surface area contributed by atoms with Gasteiger partial charge in [-0.1, -0.05) is 12.1 Å². The molecule has 0 unspecified atom stereocenters. The molecule has 5 heteroatoms. The van der Waals surface area contributed by atoms with Crippen LogP contribution in [0.3, 0.4) is 0 Å². The van der Waals surface area contributed by atoms with Gasteiger partial charge in [-0.2, -0.15) is 0 Å². The summed E-state index contributed by atoms with van der Waals surface area (Å²) in [6.45, 7) is 2.02. The number of carbonyl (C=O) groups is 1. The summed E-state index contributed by atoms with van der Waals surface area (Å²) in [5.41, 5.74) is 7.66. The lowest BCUT2D eigenvalue weighted by molar-refractivity contribution is 0.0948. The third-order valence-corrected chi connectivity index (χ3v) is 2.50. The maximum absolute atomic E-state index is 11.8. The van der Waals surface area contributed by atoms with Crippen LogP contribution in [-0.4, -0.2) is 33.2 Å². The number of nitrogens with one attached hydrogen (secondary N) is 3. The van der Waals surface area contributed by atoms with Crippen LogP contribution in [0.15, 0.2) is 24.3 Å².